The van der Waals surface area contributed by atoms with Crippen molar-refractivity contribution < 1.29 is 4.74 Å². The van der Waals surface area contributed by atoms with Crippen molar-refractivity contribution in [3.63, 3.8) is 0 Å². The fourth-order valence-electron chi connectivity index (χ4n) is 3.40. The van der Waals surface area contributed by atoms with Crippen LogP contribution in [-0.2, 0) is 17.8 Å². The van der Waals surface area contributed by atoms with Gasteiger partial charge in [0.2, 0.25) is 0 Å². The molecule has 1 unspecified atom stereocenters. The molecule has 3 aromatic rings. The van der Waals surface area contributed by atoms with Crippen LogP contribution < -0.4 is 0 Å². The van der Waals surface area contributed by atoms with Gasteiger partial charge >= 0.3 is 0 Å². The van der Waals surface area contributed by atoms with E-state index in [1.807, 2.05) is 24.4 Å². The lowest BCUT2D eigenvalue weighted by molar-refractivity contribution is 0.0673. The van der Waals surface area contributed by atoms with Crippen molar-refractivity contribution in [3.8, 4) is 5.82 Å². The van der Waals surface area contributed by atoms with Crippen molar-refractivity contribution >= 4 is 11.3 Å². The minimum atomic E-state index is 0.358. The molecule has 130 valence electrons. The number of rotatable bonds is 7. The van der Waals surface area contributed by atoms with Crippen LogP contribution in [0.25, 0.3) is 5.82 Å². The van der Waals surface area contributed by atoms with Gasteiger partial charge in [0.15, 0.2) is 0 Å². The van der Waals surface area contributed by atoms with E-state index in [-0.39, 0.29) is 0 Å². The van der Waals surface area contributed by atoms with Crippen LogP contribution >= 0.6 is 11.3 Å². The Kier molecular flexibility index (Phi) is 5.25. The molecule has 0 radical (unpaired) electrons. The van der Waals surface area contributed by atoms with Crippen LogP contribution in [0, 0.1) is 0 Å². The van der Waals surface area contributed by atoms with Gasteiger partial charge in [0.25, 0.3) is 0 Å². The Morgan fingerprint density at radius 1 is 1.20 bits per heavy atom. The topological polar surface area (TPSA) is 30.3 Å². The number of pyridine rings is 1. The van der Waals surface area contributed by atoms with Gasteiger partial charge in [-0.1, -0.05) is 6.07 Å². The molecular formula is C20H23N3OS. The second-order valence-electron chi connectivity index (χ2n) is 6.49. The molecule has 0 spiro atoms. The van der Waals surface area contributed by atoms with Crippen LogP contribution in [0.2, 0.25) is 0 Å². The summed E-state index contributed by atoms with van der Waals surface area (Å²) in [4.78, 5) is 6.98. The van der Waals surface area contributed by atoms with Crippen LogP contribution in [0.5, 0.6) is 0 Å². The van der Waals surface area contributed by atoms with Gasteiger partial charge in [0.05, 0.1) is 6.10 Å². The number of ether oxygens (including phenoxy) is 1. The van der Waals surface area contributed by atoms with E-state index in [1.54, 1.807) is 11.3 Å². The molecule has 4 rings (SSSR count). The molecule has 4 heterocycles. The summed E-state index contributed by atoms with van der Waals surface area (Å²) in [6.07, 6.45) is 6.64. The maximum atomic E-state index is 5.88. The Labute approximate surface area is 152 Å². The smallest absolute Gasteiger partial charge is 0.136 e. The summed E-state index contributed by atoms with van der Waals surface area (Å²) in [6, 6.07) is 12.5. The van der Waals surface area contributed by atoms with E-state index in [1.165, 1.54) is 24.1 Å². The van der Waals surface area contributed by atoms with Crippen LogP contribution in [0.15, 0.2) is 59.6 Å². The molecule has 0 amide bonds. The van der Waals surface area contributed by atoms with Crippen LogP contribution in [0.4, 0.5) is 0 Å². The van der Waals surface area contributed by atoms with E-state index in [0.29, 0.717) is 6.10 Å². The molecule has 1 aliphatic heterocycles. The lowest BCUT2D eigenvalue weighted by atomic mass is 10.2. The van der Waals surface area contributed by atoms with E-state index in [2.05, 4.69) is 49.6 Å². The molecule has 4 nitrogen and oxygen atoms in total. The largest absolute Gasteiger partial charge is 0.377 e. The third-order valence-corrected chi connectivity index (χ3v) is 5.32. The fourth-order valence-corrected chi connectivity index (χ4v) is 4.06. The third kappa shape index (κ3) is 4.18. The minimum Gasteiger partial charge on any atom is -0.377 e. The number of thiophene rings is 1. The summed E-state index contributed by atoms with van der Waals surface area (Å²) in [5, 5.41) is 4.39. The summed E-state index contributed by atoms with van der Waals surface area (Å²) in [5.41, 5.74) is 2.63. The van der Waals surface area contributed by atoms with Crippen molar-refractivity contribution in [2.24, 2.45) is 0 Å². The summed E-state index contributed by atoms with van der Waals surface area (Å²) in [5.74, 6) is 0.968. The highest BCUT2D eigenvalue weighted by molar-refractivity contribution is 7.07. The normalized spacial score (nSPS) is 17.4. The van der Waals surface area contributed by atoms with Crippen molar-refractivity contribution in [2.45, 2.75) is 32.0 Å². The second-order valence-corrected chi connectivity index (χ2v) is 7.27. The SMILES string of the molecule is c1ccc(-n2cccc2CN(Cc2ccsc2)CC2CCCO2)nc1. The molecular weight excluding hydrogens is 330 g/mol. The Balaban J connectivity index is 1.53. The zero-order valence-corrected chi connectivity index (χ0v) is 15.1. The van der Waals surface area contributed by atoms with Gasteiger partial charge in [-0.15, -0.1) is 0 Å². The van der Waals surface area contributed by atoms with Crippen molar-refractivity contribution in [3.05, 3.63) is 70.8 Å². The first-order valence-electron chi connectivity index (χ1n) is 8.81. The van der Waals surface area contributed by atoms with Gasteiger partial charge in [-0.25, -0.2) is 4.98 Å². The molecule has 1 aliphatic rings. The summed E-state index contributed by atoms with van der Waals surface area (Å²) < 4.78 is 8.06. The number of aromatic nitrogens is 2. The average molecular weight is 353 g/mol. The van der Waals surface area contributed by atoms with E-state index in [9.17, 15) is 0 Å². The van der Waals surface area contributed by atoms with E-state index in [4.69, 9.17) is 4.74 Å². The highest BCUT2D eigenvalue weighted by atomic mass is 32.1. The van der Waals surface area contributed by atoms with Gasteiger partial charge in [-0.05, 0) is 59.5 Å². The monoisotopic (exact) mass is 353 g/mol. The average Bonchev–Trinajstić information content (AvgIpc) is 3.38. The first-order valence-corrected chi connectivity index (χ1v) is 9.75. The van der Waals surface area contributed by atoms with Gasteiger partial charge in [0, 0.05) is 44.3 Å². The number of nitrogens with zero attached hydrogens (tertiary/aromatic N) is 3. The molecule has 5 heteroatoms. The Morgan fingerprint density at radius 2 is 2.20 bits per heavy atom. The van der Waals surface area contributed by atoms with E-state index >= 15 is 0 Å². The minimum absolute atomic E-state index is 0.358. The summed E-state index contributed by atoms with van der Waals surface area (Å²) in [6.45, 7) is 3.72. The first-order chi connectivity index (χ1) is 12.4. The number of hydrogen-bond acceptors (Lipinski definition) is 4. The molecule has 0 aliphatic carbocycles. The van der Waals surface area contributed by atoms with Crippen LogP contribution in [0.3, 0.4) is 0 Å². The Morgan fingerprint density at radius 3 is 2.96 bits per heavy atom. The fraction of sp³-hybridized carbons (Fsp3) is 0.350. The highest BCUT2D eigenvalue weighted by Gasteiger charge is 2.20. The molecule has 3 aromatic heterocycles. The molecule has 1 saturated heterocycles. The van der Waals surface area contributed by atoms with Gasteiger partial charge in [0.1, 0.15) is 5.82 Å². The molecule has 25 heavy (non-hydrogen) atoms. The Hall–Kier alpha value is -1.95. The summed E-state index contributed by atoms with van der Waals surface area (Å²) >= 11 is 1.76. The van der Waals surface area contributed by atoms with Crippen LogP contribution in [-0.4, -0.2) is 33.7 Å². The van der Waals surface area contributed by atoms with Crippen molar-refractivity contribution in [2.75, 3.05) is 13.2 Å². The standard InChI is InChI=1S/C20H23N3OS/c1-2-9-21-20(7-1)23-10-3-5-18(23)14-22(13-17-8-12-25-16-17)15-19-6-4-11-24-19/h1-3,5,7-10,12,16,19H,4,6,11,13-15H2. The molecule has 0 aromatic carbocycles. The van der Waals surface area contributed by atoms with Crippen molar-refractivity contribution in [1.82, 2.24) is 14.5 Å². The predicted molar refractivity (Wildman–Crippen MR) is 101 cm³/mol. The van der Waals surface area contributed by atoms with Gasteiger partial charge in [-0.2, -0.15) is 11.3 Å². The number of hydrogen-bond donors (Lipinski definition) is 0. The van der Waals surface area contributed by atoms with Crippen LogP contribution in [0.1, 0.15) is 24.1 Å². The molecule has 0 saturated carbocycles. The lowest BCUT2D eigenvalue weighted by Gasteiger charge is -2.25. The van der Waals surface area contributed by atoms with Gasteiger partial charge < -0.3 is 9.30 Å². The Bertz CT molecular complexity index is 763. The molecule has 0 bridgehead atoms. The van der Waals surface area contributed by atoms with E-state index in [0.717, 1.165) is 32.1 Å². The second kappa shape index (κ2) is 7.95. The van der Waals surface area contributed by atoms with Crippen molar-refractivity contribution in [1.29, 1.82) is 0 Å². The maximum absolute atomic E-state index is 5.88. The zero-order valence-electron chi connectivity index (χ0n) is 14.3. The van der Waals surface area contributed by atoms with E-state index < -0.39 is 0 Å². The lowest BCUT2D eigenvalue weighted by Crippen LogP contribution is -2.32. The molecule has 0 N–H and O–H groups in total. The molecule has 1 fully saturated rings. The maximum Gasteiger partial charge on any atom is 0.136 e. The third-order valence-electron chi connectivity index (χ3n) is 4.59. The zero-order chi connectivity index (χ0) is 16.9. The predicted octanol–water partition coefficient (Wildman–Crippen LogP) is 4.12. The highest BCUT2D eigenvalue weighted by Crippen LogP contribution is 2.19. The quantitative estimate of drug-likeness (QED) is 0.640. The van der Waals surface area contributed by atoms with Gasteiger partial charge in [-0.3, -0.25) is 4.90 Å². The summed E-state index contributed by atoms with van der Waals surface area (Å²) in [7, 11) is 0. The first kappa shape index (κ1) is 16.5. The molecule has 1 atom stereocenters.